The molecule has 2 aromatic carbocycles. The molecule has 0 aliphatic carbocycles. The Morgan fingerprint density at radius 1 is 1.12 bits per heavy atom. The van der Waals surface area contributed by atoms with Crippen molar-refractivity contribution in [2.75, 3.05) is 32.2 Å². The van der Waals surface area contributed by atoms with E-state index < -0.39 is 0 Å². The Morgan fingerprint density at radius 2 is 1.88 bits per heavy atom. The van der Waals surface area contributed by atoms with Crippen molar-refractivity contribution in [2.45, 2.75) is 19.5 Å². The van der Waals surface area contributed by atoms with Gasteiger partial charge in [0.15, 0.2) is 11.5 Å². The van der Waals surface area contributed by atoms with Gasteiger partial charge in [-0.05, 0) is 42.3 Å². The summed E-state index contributed by atoms with van der Waals surface area (Å²) in [6, 6.07) is 13.5. The van der Waals surface area contributed by atoms with Crippen molar-refractivity contribution in [2.24, 2.45) is 0 Å². The summed E-state index contributed by atoms with van der Waals surface area (Å²) in [5.74, 6) is 1.47. The molecule has 1 atom stereocenters. The van der Waals surface area contributed by atoms with Crippen LogP contribution in [-0.2, 0) is 6.54 Å². The van der Waals surface area contributed by atoms with Crippen LogP contribution in [0.5, 0.6) is 11.5 Å². The number of benzene rings is 2. The van der Waals surface area contributed by atoms with Gasteiger partial charge in [-0.25, -0.2) is 4.79 Å². The molecule has 138 valence electrons. The van der Waals surface area contributed by atoms with Gasteiger partial charge in [-0.2, -0.15) is 0 Å². The zero-order valence-corrected chi connectivity index (χ0v) is 15.4. The first-order chi connectivity index (χ1) is 12.5. The van der Waals surface area contributed by atoms with E-state index in [1.165, 1.54) is 0 Å². The van der Waals surface area contributed by atoms with Gasteiger partial charge in [0.25, 0.3) is 0 Å². The van der Waals surface area contributed by atoms with Crippen LogP contribution in [0.3, 0.4) is 0 Å². The molecule has 1 aliphatic rings. The standard InChI is InChI=1S/C20H25N3O3/c1-14(16-7-8-18-19(12-16)26-10-9-25-18)22-20(24)21-13-15-5-4-6-17(11-15)23(2)3/h4-8,11-12,14H,9-10,13H2,1-3H3,(H2,21,22,24). The number of anilines is 1. The molecule has 26 heavy (non-hydrogen) atoms. The number of ether oxygens (including phenoxy) is 2. The van der Waals surface area contributed by atoms with Gasteiger partial charge in [0.1, 0.15) is 13.2 Å². The van der Waals surface area contributed by atoms with Gasteiger partial charge in [0.2, 0.25) is 0 Å². The lowest BCUT2D eigenvalue weighted by atomic mass is 10.1. The lowest BCUT2D eigenvalue weighted by Crippen LogP contribution is -2.36. The SMILES string of the molecule is CC(NC(=O)NCc1cccc(N(C)C)c1)c1ccc2c(c1)OCCO2. The van der Waals surface area contributed by atoms with E-state index in [9.17, 15) is 4.79 Å². The van der Waals surface area contributed by atoms with E-state index in [0.29, 0.717) is 19.8 Å². The summed E-state index contributed by atoms with van der Waals surface area (Å²) in [4.78, 5) is 14.3. The fourth-order valence-electron chi connectivity index (χ4n) is 2.79. The molecule has 3 rings (SSSR count). The first kappa shape index (κ1) is 17.9. The molecule has 6 nitrogen and oxygen atoms in total. The van der Waals surface area contributed by atoms with Crippen LogP contribution < -0.4 is 25.0 Å². The Hall–Kier alpha value is -2.89. The number of nitrogens with one attached hydrogen (secondary N) is 2. The molecule has 0 saturated carbocycles. The predicted molar refractivity (Wildman–Crippen MR) is 102 cm³/mol. The van der Waals surface area contributed by atoms with Crippen LogP contribution in [0.2, 0.25) is 0 Å². The van der Waals surface area contributed by atoms with Crippen LogP contribution in [0, 0.1) is 0 Å². The van der Waals surface area contributed by atoms with Gasteiger partial charge < -0.3 is 25.0 Å². The molecular weight excluding hydrogens is 330 g/mol. The molecule has 0 fully saturated rings. The van der Waals surface area contributed by atoms with Crippen molar-refractivity contribution in [1.82, 2.24) is 10.6 Å². The van der Waals surface area contributed by atoms with Gasteiger partial charge in [0, 0.05) is 26.3 Å². The third-order valence-corrected chi connectivity index (χ3v) is 4.29. The summed E-state index contributed by atoms with van der Waals surface area (Å²) < 4.78 is 11.1. The largest absolute Gasteiger partial charge is 0.486 e. The van der Waals surface area contributed by atoms with Crippen molar-refractivity contribution >= 4 is 11.7 Å². The third kappa shape index (κ3) is 4.39. The van der Waals surface area contributed by atoms with E-state index in [0.717, 1.165) is 28.3 Å². The zero-order chi connectivity index (χ0) is 18.5. The molecule has 2 aromatic rings. The van der Waals surface area contributed by atoms with Crippen molar-refractivity contribution in [3.8, 4) is 11.5 Å². The zero-order valence-electron chi connectivity index (χ0n) is 15.4. The van der Waals surface area contributed by atoms with E-state index in [4.69, 9.17) is 9.47 Å². The third-order valence-electron chi connectivity index (χ3n) is 4.29. The lowest BCUT2D eigenvalue weighted by Gasteiger charge is -2.21. The fraction of sp³-hybridized carbons (Fsp3) is 0.350. The normalized spacial score (nSPS) is 13.7. The van der Waals surface area contributed by atoms with Crippen LogP contribution >= 0.6 is 0 Å². The second kappa shape index (κ2) is 7.99. The summed E-state index contributed by atoms with van der Waals surface area (Å²) in [5.41, 5.74) is 3.13. The minimum absolute atomic E-state index is 0.140. The van der Waals surface area contributed by atoms with Gasteiger partial charge in [-0.15, -0.1) is 0 Å². The second-order valence-corrected chi connectivity index (χ2v) is 6.52. The first-order valence-electron chi connectivity index (χ1n) is 8.73. The van der Waals surface area contributed by atoms with E-state index in [1.54, 1.807) is 0 Å². The highest BCUT2D eigenvalue weighted by Crippen LogP contribution is 2.32. The van der Waals surface area contributed by atoms with Crippen LogP contribution in [0.1, 0.15) is 24.1 Å². The average molecular weight is 355 g/mol. The highest BCUT2D eigenvalue weighted by atomic mass is 16.6. The molecule has 2 amide bonds. The molecule has 0 spiro atoms. The monoisotopic (exact) mass is 355 g/mol. The van der Waals surface area contributed by atoms with E-state index in [1.807, 2.05) is 62.3 Å². The highest BCUT2D eigenvalue weighted by molar-refractivity contribution is 5.74. The molecule has 6 heteroatoms. The number of carbonyl (C=O) groups is 1. The number of hydrogen-bond acceptors (Lipinski definition) is 4. The van der Waals surface area contributed by atoms with Gasteiger partial charge in [-0.1, -0.05) is 18.2 Å². The van der Waals surface area contributed by atoms with Crippen molar-refractivity contribution in [1.29, 1.82) is 0 Å². The maximum absolute atomic E-state index is 12.2. The molecule has 1 unspecified atom stereocenters. The number of rotatable bonds is 5. The summed E-state index contributed by atoms with van der Waals surface area (Å²) in [7, 11) is 3.99. The number of amides is 2. The number of urea groups is 1. The number of hydrogen-bond donors (Lipinski definition) is 2. The first-order valence-corrected chi connectivity index (χ1v) is 8.73. The Balaban J connectivity index is 1.55. The Kier molecular flexibility index (Phi) is 5.51. The summed E-state index contributed by atoms with van der Waals surface area (Å²) in [6.07, 6.45) is 0. The summed E-state index contributed by atoms with van der Waals surface area (Å²) in [5, 5.41) is 5.86. The van der Waals surface area contributed by atoms with Crippen LogP contribution in [0.25, 0.3) is 0 Å². The molecule has 1 heterocycles. The Labute approximate surface area is 154 Å². The molecule has 0 radical (unpaired) electrons. The van der Waals surface area contributed by atoms with E-state index >= 15 is 0 Å². The number of nitrogens with zero attached hydrogens (tertiary/aromatic N) is 1. The van der Waals surface area contributed by atoms with Gasteiger partial charge in [-0.3, -0.25) is 0 Å². The summed E-state index contributed by atoms with van der Waals surface area (Å²) >= 11 is 0. The van der Waals surface area contributed by atoms with E-state index in [-0.39, 0.29) is 12.1 Å². The molecule has 1 aliphatic heterocycles. The van der Waals surface area contributed by atoms with Crippen LogP contribution in [0.15, 0.2) is 42.5 Å². The lowest BCUT2D eigenvalue weighted by molar-refractivity contribution is 0.171. The second-order valence-electron chi connectivity index (χ2n) is 6.52. The minimum Gasteiger partial charge on any atom is -0.486 e. The van der Waals surface area contributed by atoms with Crippen molar-refractivity contribution < 1.29 is 14.3 Å². The molecule has 0 bridgehead atoms. The van der Waals surface area contributed by atoms with Crippen LogP contribution in [0.4, 0.5) is 10.5 Å². The maximum atomic E-state index is 12.2. The minimum atomic E-state index is -0.206. The molecule has 2 N–H and O–H groups in total. The smallest absolute Gasteiger partial charge is 0.315 e. The summed E-state index contributed by atoms with van der Waals surface area (Å²) in [6.45, 7) is 3.53. The Morgan fingerprint density at radius 3 is 2.65 bits per heavy atom. The van der Waals surface area contributed by atoms with Gasteiger partial charge >= 0.3 is 6.03 Å². The predicted octanol–water partition coefficient (Wildman–Crippen LogP) is 3.08. The Bertz CT molecular complexity index is 777. The quantitative estimate of drug-likeness (QED) is 0.865. The van der Waals surface area contributed by atoms with Crippen LogP contribution in [-0.4, -0.2) is 33.3 Å². The number of carbonyl (C=O) groups excluding carboxylic acids is 1. The van der Waals surface area contributed by atoms with Gasteiger partial charge in [0.05, 0.1) is 6.04 Å². The highest BCUT2D eigenvalue weighted by Gasteiger charge is 2.15. The average Bonchev–Trinajstić information content (AvgIpc) is 2.66. The molecule has 0 saturated heterocycles. The topological polar surface area (TPSA) is 62.8 Å². The number of fused-ring (bicyclic) bond motifs is 1. The fourth-order valence-corrected chi connectivity index (χ4v) is 2.79. The molecular formula is C20H25N3O3. The maximum Gasteiger partial charge on any atom is 0.315 e. The van der Waals surface area contributed by atoms with Crippen molar-refractivity contribution in [3.05, 3.63) is 53.6 Å². The van der Waals surface area contributed by atoms with Crippen molar-refractivity contribution in [3.63, 3.8) is 0 Å². The molecule has 0 aromatic heterocycles. The van der Waals surface area contributed by atoms with E-state index in [2.05, 4.69) is 16.7 Å².